The van der Waals surface area contributed by atoms with Crippen molar-refractivity contribution in [2.24, 2.45) is 5.73 Å². The lowest BCUT2D eigenvalue weighted by atomic mass is 9.84. The maximum Gasteiger partial charge on any atom is 0.119 e. The number of hydrogen-bond acceptors (Lipinski definition) is 3. The van der Waals surface area contributed by atoms with Crippen LogP contribution in [0.15, 0.2) is 18.2 Å². The van der Waals surface area contributed by atoms with E-state index in [1.807, 2.05) is 6.07 Å². The van der Waals surface area contributed by atoms with Crippen LogP contribution in [0.5, 0.6) is 5.75 Å². The molecule has 2 unspecified atom stereocenters. The third kappa shape index (κ3) is 2.31. The molecule has 0 fully saturated rings. The van der Waals surface area contributed by atoms with E-state index in [1.165, 1.54) is 11.1 Å². The number of rotatable bonds is 3. The van der Waals surface area contributed by atoms with Gasteiger partial charge in [0.2, 0.25) is 0 Å². The Labute approximate surface area is 104 Å². The lowest BCUT2D eigenvalue weighted by Crippen LogP contribution is -2.43. The van der Waals surface area contributed by atoms with Crippen LogP contribution < -0.4 is 10.5 Å². The molecule has 3 nitrogen and oxygen atoms in total. The summed E-state index contributed by atoms with van der Waals surface area (Å²) >= 11 is 0. The normalized spacial score (nSPS) is 23.6. The molecule has 2 atom stereocenters. The van der Waals surface area contributed by atoms with Gasteiger partial charge < -0.3 is 15.4 Å². The smallest absolute Gasteiger partial charge is 0.119 e. The maximum atomic E-state index is 6.38. The van der Waals surface area contributed by atoms with Crippen molar-refractivity contribution in [3.63, 3.8) is 0 Å². The molecule has 0 saturated carbocycles. The summed E-state index contributed by atoms with van der Waals surface area (Å²) in [7, 11) is 3.86. The topological polar surface area (TPSA) is 38.5 Å². The van der Waals surface area contributed by atoms with Crippen LogP contribution in [0.1, 0.15) is 30.5 Å². The summed E-state index contributed by atoms with van der Waals surface area (Å²) in [6.07, 6.45) is 2.22. The molecule has 94 valence electrons. The van der Waals surface area contributed by atoms with E-state index in [2.05, 4.69) is 31.0 Å². The van der Waals surface area contributed by atoms with Gasteiger partial charge >= 0.3 is 0 Å². The van der Waals surface area contributed by atoms with E-state index in [1.54, 1.807) is 7.11 Å². The average molecular weight is 234 g/mol. The van der Waals surface area contributed by atoms with Crippen LogP contribution in [-0.4, -0.2) is 31.6 Å². The number of benzene rings is 1. The minimum absolute atomic E-state index is 0.120. The molecule has 0 bridgehead atoms. The lowest BCUT2D eigenvalue weighted by molar-refractivity contribution is 0.200. The Bertz CT molecular complexity index is 392. The Morgan fingerprint density at radius 1 is 1.47 bits per heavy atom. The van der Waals surface area contributed by atoms with Gasteiger partial charge in [0.05, 0.1) is 7.11 Å². The molecule has 0 spiro atoms. The third-order valence-corrected chi connectivity index (χ3v) is 3.90. The first kappa shape index (κ1) is 12.4. The Morgan fingerprint density at radius 3 is 2.88 bits per heavy atom. The Kier molecular flexibility index (Phi) is 3.69. The summed E-state index contributed by atoms with van der Waals surface area (Å²) in [6.45, 7) is 3.22. The van der Waals surface area contributed by atoms with Gasteiger partial charge in [-0.1, -0.05) is 13.0 Å². The number of aryl methyl sites for hydroxylation is 1. The highest BCUT2D eigenvalue weighted by Gasteiger charge is 2.28. The molecule has 0 amide bonds. The molecule has 2 rings (SSSR count). The second kappa shape index (κ2) is 5.07. The number of hydrogen-bond donors (Lipinski definition) is 1. The van der Waals surface area contributed by atoms with Gasteiger partial charge in [-0.3, -0.25) is 0 Å². The fourth-order valence-electron chi connectivity index (χ4n) is 2.67. The molecule has 1 aromatic carbocycles. The van der Waals surface area contributed by atoms with Crippen LogP contribution in [0.2, 0.25) is 0 Å². The van der Waals surface area contributed by atoms with Crippen molar-refractivity contribution < 1.29 is 4.74 Å². The summed E-state index contributed by atoms with van der Waals surface area (Å²) in [4.78, 5) is 2.35. The quantitative estimate of drug-likeness (QED) is 0.869. The summed E-state index contributed by atoms with van der Waals surface area (Å²) in [5.74, 6) is 0.929. The summed E-state index contributed by atoms with van der Waals surface area (Å²) in [5, 5.41) is 0. The van der Waals surface area contributed by atoms with Gasteiger partial charge in [-0.25, -0.2) is 0 Å². The van der Waals surface area contributed by atoms with E-state index < -0.39 is 0 Å². The Balaban J connectivity index is 2.27. The van der Waals surface area contributed by atoms with Gasteiger partial charge in [-0.05, 0) is 49.7 Å². The largest absolute Gasteiger partial charge is 0.497 e. The van der Waals surface area contributed by atoms with E-state index in [-0.39, 0.29) is 6.04 Å². The van der Waals surface area contributed by atoms with Crippen LogP contribution >= 0.6 is 0 Å². The molecule has 0 aliphatic heterocycles. The molecule has 1 aliphatic rings. The maximum absolute atomic E-state index is 6.38. The molecule has 3 heteroatoms. The summed E-state index contributed by atoms with van der Waals surface area (Å²) in [6, 6.07) is 6.83. The van der Waals surface area contributed by atoms with Crippen molar-refractivity contribution in [2.75, 3.05) is 20.7 Å². The third-order valence-electron chi connectivity index (χ3n) is 3.90. The van der Waals surface area contributed by atoms with E-state index in [0.717, 1.165) is 25.1 Å². The van der Waals surface area contributed by atoms with Crippen LogP contribution in [0.3, 0.4) is 0 Å². The highest BCUT2D eigenvalue weighted by Crippen LogP contribution is 2.32. The number of nitrogens with zero attached hydrogens (tertiary/aromatic N) is 1. The van der Waals surface area contributed by atoms with E-state index in [9.17, 15) is 0 Å². The molecule has 2 N–H and O–H groups in total. The molecule has 0 aromatic heterocycles. The zero-order chi connectivity index (χ0) is 12.4. The predicted molar refractivity (Wildman–Crippen MR) is 70.3 cm³/mol. The van der Waals surface area contributed by atoms with Gasteiger partial charge in [0.15, 0.2) is 0 Å². The molecular weight excluding hydrogens is 212 g/mol. The molecule has 17 heavy (non-hydrogen) atoms. The van der Waals surface area contributed by atoms with Crippen LogP contribution in [-0.2, 0) is 6.42 Å². The monoisotopic (exact) mass is 234 g/mol. The van der Waals surface area contributed by atoms with Crippen molar-refractivity contribution in [2.45, 2.75) is 31.8 Å². The second-order valence-electron chi connectivity index (χ2n) is 4.77. The van der Waals surface area contributed by atoms with Gasteiger partial charge in [0.1, 0.15) is 5.75 Å². The molecule has 0 saturated heterocycles. The average Bonchev–Trinajstić information content (AvgIpc) is 2.38. The first-order chi connectivity index (χ1) is 8.17. The van der Waals surface area contributed by atoms with Gasteiger partial charge in [-0.2, -0.15) is 0 Å². The molecular formula is C14H22N2O. The van der Waals surface area contributed by atoms with Gasteiger partial charge in [0, 0.05) is 12.1 Å². The molecule has 1 aliphatic carbocycles. The number of methoxy groups -OCH3 is 1. The van der Waals surface area contributed by atoms with E-state index >= 15 is 0 Å². The minimum Gasteiger partial charge on any atom is -0.497 e. The first-order valence-corrected chi connectivity index (χ1v) is 6.30. The van der Waals surface area contributed by atoms with E-state index in [0.29, 0.717) is 6.04 Å². The number of fused-ring (bicyclic) bond motifs is 1. The molecule has 0 radical (unpaired) electrons. The number of nitrogens with two attached hydrogens (primary N) is 1. The summed E-state index contributed by atoms with van der Waals surface area (Å²) in [5.41, 5.74) is 9.00. The van der Waals surface area contributed by atoms with Crippen molar-refractivity contribution in [3.05, 3.63) is 29.3 Å². The minimum atomic E-state index is 0.120. The molecule has 0 heterocycles. The van der Waals surface area contributed by atoms with E-state index in [4.69, 9.17) is 10.5 Å². The Hall–Kier alpha value is -1.06. The Morgan fingerprint density at radius 2 is 2.24 bits per heavy atom. The van der Waals surface area contributed by atoms with Crippen molar-refractivity contribution in [1.82, 2.24) is 4.90 Å². The van der Waals surface area contributed by atoms with Gasteiger partial charge in [-0.15, -0.1) is 0 Å². The second-order valence-corrected chi connectivity index (χ2v) is 4.77. The van der Waals surface area contributed by atoms with Crippen LogP contribution in [0, 0.1) is 0 Å². The van der Waals surface area contributed by atoms with Crippen molar-refractivity contribution >= 4 is 0 Å². The zero-order valence-corrected chi connectivity index (χ0v) is 10.9. The SMILES string of the molecule is CCN(C)C1CCc2cc(OC)ccc2C1N. The van der Waals surface area contributed by atoms with Crippen molar-refractivity contribution in [1.29, 1.82) is 0 Å². The molecule has 1 aromatic rings. The highest BCUT2D eigenvalue weighted by atomic mass is 16.5. The number of likely N-dealkylation sites (N-methyl/N-ethyl adjacent to an activating group) is 1. The highest BCUT2D eigenvalue weighted by molar-refractivity contribution is 5.40. The van der Waals surface area contributed by atoms with Gasteiger partial charge in [0.25, 0.3) is 0 Å². The lowest BCUT2D eigenvalue weighted by Gasteiger charge is -2.37. The predicted octanol–water partition coefficient (Wildman–Crippen LogP) is 1.96. The summed E-state index contributed by atoms with van der Waals surface area (Å²) < 4.78 is 5.26. The van der Waals surface area contributed by atoms with Crippen LogP contribution in [0.4, 0.5) is 0 Å². The van der Waals surface area contributed by atoms with Crippen molar-refractivity contribution in [3.8, 4) is 5.75 Å². The fraction of sp³-hybridized carbons (Fsp3) is 0.571. The van der Waals surface area contributed by atoms with Crippen LogP contribution in [0.25, 0.3) is 0 Å². The first-order valence-electron chi connectivity index (χ1n) is 6.30. The number of ether oxygens (including phenoxy) is 1. The zero-order valence-electron chi connectivity index (χ0n) is 10.9. The fourth-order valence-corrected chi connectivity index (χ4v) is 2.67. The standard InChI is InChI=1S/C14H22N2O/c1-4-16(2)13-8-5-10-9-11(17-3)6-7-12(10)14(13)15/h6-7,9,13-14H,4-5,8,15H2,1-3H3.